The second-order valence-electron chi connectivity index (χ2n) is 5.90. The first kappa shape index (κ1) is 18.6. The van der Waals surface area contributed by atoms with Crippen LogP contribution in [-0.4, -0.2) is 0 Å². The fourth-order valence-electron chi connectivity index (χ4n) is 3.79. The molecule has 3 heteroatoms. The average Bonchev–Trinajstić information content (AvgIpc) is 3.05. The van der Waals surface area contributed by atoms with Crippen molar-refractivity contribution in [1.29, 1.82) is 0 Å². The maximum absolute atomic E-state index is 2.44. The summed E-state index contributed by atoms with van der Waals surface area (Å²) in [6, 6.07) is 13.6. The number of aryl methyl sites for hydroxylation is 1. The van der Waals surface area contributed by atoms with Gasteiger partial charge in [0.05, 0.1) is 0 Å². The van der Waals surface area contributed by atoms with E-state index in [1.807, 2.05) is 0 Å². The van der Waals surface area contributed by atoms with Gasteiger partial charge in [0, 0.05) is 0 Å². The van der Waals surface area contributed by atoms with Crippen LogP contribution >= 0.6 is 0 Å². The molecular weight excluding hydrogens is 402 g/mol. The molecule has 3 aromatic rings. The van der Waals surface area contributed by atoms with Gasteiger partial charge < -0.3 is 24.8 Å². The molecule has 0 saturated heterocycles. The first-order chi connectivity index (χ1) is 9.92. The van der Waals surface area contributed by atoms with Crippen LogP contribution in [-0.2, 0) is 39.0 Å². The van der Waals surface area contributed by atoms with Crippen molar-refractivity contribution in [3.63, 3.8) is 0 Å². The van der Waals surface area contributed by atoms with Gasteiger partial charge in [0.25, 0.3) is 0 Å². The van der Waals surface area contributed by atoms with Crippen molar-refractivity contribution in [3.8, 4) is 0 Å². The van der Waals surface area contributed by atoms with Crippen LogP contribution in [0.5, 0.6) is 0 Å². The van der Waals surface area contributed by atoms with E-state index in [2.05, 4.69) is 54.6 Å². The summed E-state index contributed by atoms with van der Waals surface area (Å²) in [5.41, 5.74) is 6.19. The zero-order valence-corrected chi connectivity index (χ0v) is 16.5. The smallest absolute Gasteiger partial charge is 1.00 e. The third-order valence-electron chi connectivity index (χ3n) is 4.89. The predicted molar refractivity (Wildman–Crippen MR) is 86.2 cm³/mol. The van der Waals surface area contributed by atoms with E-state index in [1.165, 1.54) is 45.5 Å². The summed E-state index contributed by atoms with van der Waals surface area (Å²) in [5.74, 6) is 0. The molecule has 0 nitrogen and oxygen atoms in total. The van der Waals surface area contributed by atoms with Gasteiger partial charge in [0.2, 0.25) is 0 Å². The first-order valence-electron chi connectivity index (χ1n) is 7.41. The van der Waals surface area contributed by atoms with Crippen molar-refractivity contribution in [1.82, 2.24) is 0 Å². The van der Waals surface area contributed by atoms with Crippen molar-refractivity contribution < 1.29 is 51.0 Å². The van der Waals surface area contributed by atoms with E-state index in [9.17, 15) is 0 Å². The third kappa shape index (κ3) is 2.68. The Morgan fingerprint density at radius 2 is 1.70 bits per heavy atom. The number of hydrogen-bond donors (Lipinski definition) is 0. The minimum absolute atomic E-state index is 0. The molecule has 0 bridgehead atoms. The molecule has 0 saturated carbocycles. The van der Waals surface area contributed by atoms with Crippen LogP contribution in [0.4, 0.5) is 0 Å². The van der Waals surface area contributed by atoms with E-state index >= 15 is 0 Å². The van der Waals surface area contributed by atoms with Crippen LogP contribution < -0.4 is 24.8 Å². The normalized spacial score (nSPS) is 14.3. The molecule has 0 fully saturated rings. The molecule has 5 rings (SSSR count). The van der Waals surface area contributed by atoms with Crippen LogP contribution in [0.2, 0.25) is 0 Å². The van der Waals surface area contributed by atoms with Gasteiger partial charge in [-0.2, -0.15) is 0 Å². The fourth-order valence-corrected chi connectivity index (χ4v) is 3.79. The van der Waals surface area contributed by atoms with E-state index in [0.29, 0.717) is 0 Å². The number of allylic oxidation sites excluding steroid dienone is 4. The minimum atomic E-state index is 0. The first-order valence-corrected chi connectivity index (χ1v) is 7.41. The van der Waals surface area contributed by atoms with Crippen LogP contribution in [0.1, 0.15) is 23.1 Å². The summed E-state index contributed by atoms with van der Waals surface area (Å²) in [5, 5.41) is 5.72. The summed E-state index contributed by atoms with van der Waals surface area (Å²) >= 11 is 0. The van der Waals surface area contributed by atoms with Gasteiger partial charge >= 0.3 is 26.2 Å². The molecule has 0 amide bonds. The Morgan fingerprint density at radius 1 is 0.913 bits per heavy atom. The second-order valence-corrected chi connectivity index (χ2v) is 5.90. The molecule has 113 valence electrons. The van der Waals surface area contributed by atoms with Gasteiger partial charge in [-0.15, -0.1) is 39.2 Å². The quantitative estimate of drug-likeness (QED) is 0.453. The molecule has 2 aliphatic rings. The van der Waals surface area contributed by atoms with Gasteiger partial charge in [-0.3, -0.25) is 0 Å². The summed E-state index contributed by atoms with van der Waals surface area (Å²) in [7, 11) is 0. The Balaban J connectivity index is 0.000000640. The van der Waals surface area contributed by atoms with Gasteiger partial charge in [-0.05, 0) is 24.0 Å². The molecular formula is C20H15Cl2Zr. The Morgan fingerprint density at radius 3 is 2.39 bits per heavy atom. The van der Waals surface area contributed by atoms with E-state index in [1.54, 1.807) is 11.1 Å². The third-order valence-corrected chi connectivity index (χ3v) is 4.89. The molecule has 0 heterocycles. The second kappa shape index (κ2) is 7.01. The predicted octanol–water partition coefficient (Wildman–Crippen LogP) is -0.841. The summed E-state index contributed by atoms with van der Waals surface area (Å²) < 4.78 is 0. The topological polar surface area (TPSA) is 0 Å². The summed E-state index contributed by atoms with van der Waals surface area (Å²) in [4.78, 5) is 0. The monoisotopic (exact) mass is 415 g/mol. The molecule has 0 atom stereocenters. The van der Waals surface area contributed by atoms with Gasteiger partial charge in [-0.25, -0.2) is 0 Å². The molecule has 3 aromatic carbocycles. The molecule has 23 heavy (non-hydrogen) atoms. The van der Waals surface area contributed by atoms with Crippen LogP contribution in [0.3, 0.4) is 0 Å². The maximum atomic E-state index is 2.44. The molecule has 0 aliphatic heterocycles. The number of rotatable bonds is 1. The zero-order chi connectivity index (χ0) is 13.1. The van der Waals surface area contributed by atoms with E-state index in [4.69, 9.17) is 0 Å². The van der Waals surface area contributed by atoms with Crippen LogP contribution in [0.15, 0.2) is 54.6 Å². The summed E-state index contributed by atoms with van der Waals surface area (Å²) in [6.45, 7) is 0. The number of benzene rings is 2. The zero-order valence-electron chi connectivity index (χ0n) is 12.6. The number of fused-ring (bicyclic) bond motifs is 5. The van der Waals surface area contributed by atoms with Crippen LogP contribution in [0.25, 0.3) is 27.1 Å². The summed E-state index contributed by atoms with van der Waals surface area (Å²) in [6.07, 6.45) is 10.3. The van der Waals surface area contributed by atoms with Gasteiger partial charge in [0.15, 0.2) is 0 Å². The molecule has 0 aromatic heterocycles. The van der Waals surface area contributed by atoms with Gasteiger partial charge in [0.1, 0.15) is 0 Å². The standard InChI is InChI=1S/C20H15.2ClH.Zr/c1-2-6-13(5-1)18-12-20-15-8-4-3-7-14(15)11-19(20)17-10-9-16(17)18;;;/h1-5,7-8,11-12H,6,9-10H2;2*1H;/q-1;;;+3/p-2. The van der Waals surface area contributed by atoms with E-state index < -0.39 is 0 Å². The van der Waals surface area contributed by atoms with Gasteiger partial charge in [-0.1, -0.05) is 54.5 Å². The average molecular weight is 417 g/mol. The molecule has 0 N–H and O–H groups in total. The van der Waals surface area contributed by atoms with Crippen LogP contribution in [0, 0.1) is 0 Å². The van der Waals surface area contributed by atoms with Crippen molar-refractivity contribution in [3.05, 3.63) is 71.3 Å². The maximum Gasteiger partial charge on any atom is 3.00 e. The van der Waals surface area contributed by atoms with Crippen molar-refractivity contribution in [2.24, 2.45) is 0 Å². The Kier molecular flexibility index (Phi) is 5.67. The molecule has 0 unspecified atom stereocenters. The Hall–Kier alpha value is -0.747. The van der Waals surface area contributed by atoms with E-state index in [-0.39, 0.29) is 51.0 Å². The van der Waals surface area contributed by atoms with Crippen molar-refractivity contribution in [2.45, 2.75) is 19.3 Å². The number of hydrogen-bond acceptors (Lipinski definition) is 0. The molecule has 1 radical (unpaired) electrons. The molecule has 2 aliphatic carbocycles. The largest absolute Gasteiger partial charge is 3.00 e. The fraction of sp³-hybridized carbons (Fsp3) is 0.150. The number of halogens is 2. The molecule has 0 spiro atoms. The Labute approximate surface area is 168 Å². The van der Waals surface area contributed by atoms with E-state index in [0.717, 1.165) is 6.42 Å². The Bertz CT molecular complexity index is 932. The SMILES string of the molecule is C1=CCC(c2cc3c([cH-]c4ccccc43)c3c2CC3)=C1.[Cl-].[Cl-].[Zr+3]. The van der Waals surface area contributed by atoms with Crippen molar-refractivity contribution in [2.75, 3.05) is 0 Å². The minimum Gasteiger partial charge on any atom is -1.00 e. The van der Waals surface area contributed by atoms with Crippen molar-refractivity contribution >= 4 is 27.1 Å².